The summed E-state index contributed by atoms with van der Waals surface area (Å²) < 4.78 is 4.26. The predicted molar refractivity (Wildman–Crippen MR) is 78.7 cm³/mol. The van der Waals surface area contributed by atoms with Crippen molar-refractivity contribution < 1.29 is 4.79 Å². The molecule has 0 saturated heterocycles. The van der Waals surface area contributed by atoms with E-state index >= 15 is 0 Å². The quantitative estimate of drug-likeness (QED) is 0.715. The van der Waals surface area contributed by atoms with Gasteiger partial charge in [-0.15, -0.1) is 0 Å². The molecule has 0 saturated carbocycles. The third kappa shape index (κ3) is 4.09. The molecule has 3 nitrogen and oxygen atoms in total. The predicted octanol–water partition coefficient (Wildman–Crippen LogP) is 4.28. The second-order valence-corrected chi connectivity index (χ2v) is 5.60. The van der Waals surface area contributed by atoms with Crippen molar-refractivity contribution in [3.63, 3.8) is 0 Å². The van der Waals surface area contributed by atoms with Crippen LogP contribution in [0.1, 0.15) is 62.5 Å². The molecule has 0 aliphatic carbocycles. The minimum absolute atomic E-state index is 0.102. The van der Waals surface area contributed by atoms with Crippen LogP contribution in [0.2, 0.25) is 0 Å². The summed E-state index contributed by atoms with van der Waals surface area (Å²) in [5, 5.41) is 4.35. The number of rotatable bonds is 8. The Balaban J connectivity index is 2.59. The van der Waals surface area contributed by atoms with E-state index in [4.69, 9.17) is 0 Å². The highest BCUT2D eigenvalue weighted by molar-refractivity contribution is 7.10. The fraction of sp³-hybridized carbons (Fsp3) is 0.714. The van der Waals surface area contributed by atoms with E-state index in [9.17, 15) is 4.79 Å². The van der Waals surface area contributed by atoms with Gasteiger partial charge in [0.15, 0.2) is 5.78 Å². The first-order valence-corrected chi connectivity index (χ1v) is 7.58. The van der Waals surface area contributed by atoms with Gasteiger partial charge in [0.2, 0.25) is 0 Å². The van der Waals surface area contributed by atoms with Gasteiger partial charge in [0, 0.05) is 6.54 Å². The molecule has 1 aromatic heterocycles. The number of ketones is 1. The van der Waals surface area contributed by atoms with Gasteiger partial charge in [-0.05, 0) is 37.7 Å². The molecule has 1 unspecified atom stereocenters. The standard InChI is InChI=1S/C14H24N2OS/c1-5-7-8-12(6-2)9-15-14-13(11(4)17)10(3)16-18-14/h12,15H,5-9H2,1-4H3. The average Bonchev–Trinajstić information content (AvgIpc) is 2.71. The molecule has 1 heterocycles. The van der Waals surface area contributed by atoms with E-state index in [1.54, 1.807) is 6.92 Å². The van der Waals surface area contributed by atoms with Gasteiger partial charge in [0.05, 0.1) is 11.3 Å². The lowest BCUT2D eigenvalue weighted by Crippen LogP contribution is -2.14. The number of nitrogens with one attached hydrogen (secondary N) is 1. The number of hydrogen-bond acceptors (Lipinski definition) is 4. The van der Waals surface area contributed by atoms with E-state index < -0.39 is 0 Å². The van der Waals surface area contributed by atoms with Crippen molar-refractivity contribution in [3.05, 3.63) is 11.3 Å². The lowest BCUT2D eigenvalue weighted by atomic mass is 9.99. The smallest absolute Gasteiger partial charge is 0.164 e. The molecule has 0 spiro atoms. The van der Waals surface area contributed by atoms with Crippen LogP contribution in [0.4, 0.5) is 5.00 Å². The van der Waals surface area contributed by atoms with Crippen molar-refractivity contribution in [1.29, 1.82) is 0 Å². The van der Waals surface area contributed by atoms with Crippen LogP contribution in [-0.4, -0.2) is 16.7 Å². The van der Waals surface area contributed by atoms with Gasteiger partial charge in [-0.1, -0.05) is 33.1 Å². The monoisotopic (exact) mass is 268 g/mol. The molecule has 102 valence electrons. The summed E-state index contributed by atoms with van der Waals surface area (Å²) in [7, 11) is 0. The van der Waals surface area contributed by atoms with E-state index in [0.29, 0.717) is 5.92 Å². The lowest BCUT2D eigenvalue weighted by Gasteiger charge is -2.15. The number of unbranched alkanes of at least 4 members (excludes halogenated alkanes) is 1. The number of hydrogen-bond donors (Lipinski definition) is 1. The van der Waals surface area contributed by atoms with Crippen molar-refractivity contribution in [2.75, 3.05) is 11.9 Å². The van der Waals surface area contributed by atoms with Gasteiger partial charge in [0.25, 0.3) is 0 Å². The molecule has 0 fully saturated rings. The third-order valence-electron chi connectivity index (χ3n) is 3.31. The van der Waals surface area contributed by atoms with Gasteiger partial charge < -0.3 is 5.32 Å². The van der Waals surface area contributed by atoms with E-state index in [2.05, 4.69) is 23.5 Å². The summed E-state index contributed by atoms with van der Waals surface area (Å²) in [6.07, 6.45) is 4.96. The second-order valence-electron chi connectivity index (χ2n) is 4.83. The molecule has 0 aliphatic rings. The zero-order valence-electron chi connectivity index (χ0n) is 11.9. The minimum atomic E-state index is 0.102. The maximum atomic E-state index is 11.6. The SMILES string of the molecule is CCCCC(CC)CNc1snc(C)c1C(C)=O. The number of Topliss-reactive ketones (excluding diaryl/α,β-unsaturated/α-hetero) is 1. The summed E-state index contributed by atoms with van der Waals surface area (Å²) in [5.74, 6) is 0.789. The molecule has 0 bridgehead atoms. The normalized spacial score (nSPS) is 12.4. The molecule has 0 aliphatic heterocycles. The van der Waals surface area contributed by atoms with Crippen molar-refractivity contribution in [2.45, 2.75) is 53.4 Å². The minimum Gasteiger partial charge on any atom is -0.375 e. The van der Waals surface area contributed by atoms with Crippen molar-refractivity contribution >= 4 is 22.3 Å². The summed E-state index contributed by atoms with van der Waals surface area (Å²) in [5.41, 5.74) is 1.61. The third-order valence-corrected chi connectivity index (χ3v) is 4.21. The Labute approximate surface area is 114 Å². The summed E-state index contributed by atoms with van der Waals surface area (Å²) >= 11 is 1.40. The van der Waals surface area contributed by atoms with Gasteiger partial charge in [-0.3, -0.25) is 4.79 Å². The maximum absolute atomic E-state index is 11.6. The van der Waals surface area contributed by atoms with Gasteiger partial charge in [-0.25, -0.2) is 0 Å². The summed E-state index contributed by atoms with van der Waals surface area (Å²) in [6.45, 7) is 8.90. The molecule has 18 heavy (non-hydrogen) atoms. The first kappa shape index (κ1) is 15.2. The number of anilines is 1. The maximum Gasteiger partial charge on any atom is 0.164 e. The highest BCUT2D eigenvalue weighted by Gasteiger charge is 2.15. The van der Waals surface area contributed by atoms with Crippen LogP contribution < -0.4 is 5.32 Å². The Hall–Kier alpha value is -0.900. The van der Waals surface area contributed by atoms with Gasteiger partial charge in [0.1, 0.15) is 5.00 Å². The zero-order chi connectivity index (χ0) is 13.5. The van der Waals surface area contributed by atoms with Crippen LogP contribution in [0.5, 0.6) is 0 Å². The Morgan fingerprint density at radius 1 is 1.44 bits per heavy atom. The molecule has 0 amide bonds. The molecule has 0 radical (unpaired) electrons. The van der Waals surface area contributed by atoms with Crippen molar-refractivity contribution in [2.24, 2.45) is 5.92 Å². The van der Waals surface area contributed by atoms with Crippen LogP contribution in [0.25, 0.3) is 0 Å². The highest BCUT2D eigenvalue weighted by atomic mass is 32.1. The molecule has 1 atom stereocenters. The van der Waals surface area contributed by atoms with Crippen LogP contribution in [0, 0.1) is 12.8 Å². The highest BCUT2D eigenvalue weighted by Crippen LogP contribution is 2.25. The molecule has 1 N–H and O–H groups in total. The molecule has 4 heteroatoms. The Morgan fingerprint density at radius 3 is 2.72 bits per heavy atom. The lowest BCUT2D eigenvalue weighted by molar-refractivity contribution is 0.101. The van der Waals surface area contributed by atoms with E-state index in [1.165, 1.54) is 37.2 Å². The van der Waals surface area contributed by atoms with Crippen molar-refractivity contribution in [1.82, 2.24) is 4.37 Å². The number of nitrogens with zero attached hydrogens (tertiary/aromatic N) is 1. The Morgan fingerprint density at radius 2 is 2.17 bits per heavy atom. The number of aryl methyl sites for hydroxylation is 1. The van der Waals surface area contributed by atoms with Crippen LogP contribution in [0.3, 0.4) is 0 Å². The fourth-order valence-corrected chi connectivity index (χ4v) is 2.94. The number of carbonyl (C=O) groups excluding carboxylic acids is 1. The fourth-order valence-electron chi connectivity index (χ4n) is 2.09. The Bertz CT molecular complexity index is 387. The average molecular weight is 268 g/mol. The number of carbonyl (C=O) groups is 1. The second kappa shape index (κ2) is 7.52. The molecule has 1 rings (SSSR count). The molecule has 0 aromatic carbocycles. The van der Waals surface area contributed by atoms with E-state index in [0.717, 1.165) is 22.8 Å². The molecular weight excluding hydrogens is 244 g/mol. The van der Waals surface area contributed by atoms with Gasteiger partial charge >= 0.3 is 0 Å². The number of aromatic nitrogens is 1. The first-order valence-electron chi connectivity index (χ1n) is 6.81. The van der Waals surface area contributed by atoms with Crippen LogP contribution >= 0.6 is 11.5 Å². The van der Waals surface area contributed by atoms with Gasteiger partial charge in [-0.2, -0.15) is 4.37 Å². The summed E-state index contributed by atoms with van der Waals surface area (Å²) in [6, 6.07) is 0. The zero-order valence-corrected chi connectivity index (χ0v) is 12.7. The molecule has 1 aromatic rings. The van der Waals surface area contributed by atoms with Crippen LogP contribution in [-0.2, 0) is 0 Å². The first-order chi connectivity index (χ1) is 8.60. The van der Waals surface area contributed by atoms with Crippen molar-refractivity contribution in [3.8, 4) is 0 Å². The Kier molecular flexibility index (Phi) is 6.33. The largest absolute Gasteiger partial charge is 0.375 e. The topological polar surface area (TPSA) is 42.0 Å². The van der Waals surface area contributed by atoms with E-state index in [1.807, 2.05) is 6.92 Å². The summed E-state index contributed by atoms with van der Waals surface area (Å²) in [4.78, 5) is 11.6. The molecular formula is C14H24N2OS. The van der Waals surface area contributed by atoms with E-state index in [-0.39, 0.29) is 5.78 Å². The van der Waals surface area contributed by atoms with Crippen LogP contribution in [0.15, 0.2) is 0 Å².